The number of rotatable bonds is 6. The number of nitrogens with one attached hydrogen (secondary N) is 1. The standard InChI is InChI=1S/C17H24N2O4/c1-12-7-3-4-8-13(12)15-16(23-11-14(21)19(15)2)17(22)18-9-5-6-10-20/h3-4,7-8,15-16,20H,5-6,9-11H2,1-2H3,(H,18,22)/t15-,16+/m1/s1. The first-order valence-electron chi connectivity index (χ1n) is 7.87. The highest BCUT2D eigenvalue weighted by atomic mass is 16.5. The van der Waals surface area contributed by atoms with Crippen LogP contribution in [0.25, 0.3) is 0 Å². The highest BCUT2D eigenvalue weighted by Gasteiger charge is 2.40. The molecule has 1 fully saturated rings. The molecule has 0 radical (unpaired) electrons. The summed E-state index contributed by atoms with van der Waals surface area (Å²) in [7, 11) is 1.70. The number of hydrogen-bond acceptors (Lipinski definition) is 4. The van der Waals surface area contributed by atoms with Crippen molar-refractivity contribution in [2.75, 3.05) is 26.8 Å². The number of carbonyl (C=O) groups is 2. The van der Waals surface area contributed by atoms with Gasteiger partial charge >= 0.3 is 0 Å². The molecule has 0 aromatic heterocycles. The van der Waals surface area contributed by atoms with Crippen molar-refractivity contribution in [3.8, 4) is 0 Å². The van der Waals surface area contributed by atoms with Crippen LogP contribution in [-0.2, 0) is 14.3 Å². The van der Waals surface area contributed by atoms with Crippen molar-refractivity contribution in [2.45, 2.75) is 31.9 Å². The summed E-state index contributed by atoms with van der Waals surface area (Å²) in [6.07, 6.45) is 0.623. The quantitative estimate of drug-likeness (QED) is 0.759. The molecule has 23 heavy (non-hydrogen) atoms. The number of nitrogens with zero attached hydrogens (tertiary/aromatic N) is 1. The number of benzene rings is 1. The van der Waals surface area contributed by atoms with Crippen LogP contribution in [-0.4, -0.2) is 54.7 Å². The zero-order chi connectivity index (χ0) is 16.8. The number of aliphatic hydroxyl groups is 1. The number of amides is 2. The number of morpholine rings is 1. The summed E-state index contributed by atoms with van der Waals surface area (Å²) in [5.74, 6) is -0.363. The summed E-state index contributed by atoms with van der Waals surface area (Å²) in [4.78, 5) is 26.1. The molecule has 6 heteroatoms. The second kappa shape index (κ2) is 8.08. The Morgan fingerprint density at radius 1 is 1.39 bits per heavy atom. The van der Waals surface area contributed by atoms with E-state index in [4.69, 9.17) is 9.84 Å². The topological polar surface area (TPSA) is 78.9 Å². The van der Waals surface area contributed by atoms with Gasteiger partial charge in [-0.2, -0.15) is 0 Å². The molecule has 6 nitrogen and oxygen atoms in total. The van der Waals surface area contributed by atoms with Gasteiger partial charge in [-0.1, -0.05) is 24.3 Å². The van der Waals surface area contributed by atoms with Gasteiger partial charge in [-0.25, -0.2) is 0 Å². The summed E-state index contributed by atoms with van der Waals surface area (Å²) >= 11 is 0. The Balaban J connectivity index is 2.17. The van der Waals surface area contributed by atoms with E-state index < -0.39 is 12.1 Å². The Hall–Kier alpha value is -1.92. The molecular weight excluding hydrogens is 296 g/mol. The van der Waals surface area contributed by atoms with Crippen LogP contribution in [0.5, 0.6) is 0 Å². The van der Waals surface area contributed by atoms with Crippen molar-refractivity contribution in [1.82, 2.24) is 10.2 Å². The molecule has 1 saturated heterocycles. The number of aliphatic hydroxyl groups excluding tert-OH is 1. The van der Waals surface area contributed by atoms with Gasteiger partial charge in [0.2, 0.25) is 5.91 Å². The van der Waals surface area contributed by atoms with Crippen LogP contribution < -0.4 is 5.32 Å². The van der Waals surface area contributed by atoms with Crippen molar-refractivity contribution >= 4 is 11.8 Å². The van der Waals surface area contributed by atoms with E-state index in [1.54, 1.807) is 11.9 Å². The Morgan fingerprint density at radius 3 is 2.83 bits per heavy atom. The van der Waals surface area contributed by atoms with E-state index in [1.165, 1.54) is 0 Å². The number of unbranched alkanes of at least 4 members (excludes halogenated alkanes) is 1. The van der Waals surface area contributed by atoms with Crippen LogP contribution in [0.4, 0.5) is 0 Å². The molecule has 126 valence electrons. The lowest BCUT2D eigenvalue weighted by Crippen LogP contribution is -2.53. The van der Waals surface area contributed by atoms with Crippen LogP contribution in [0.15, 0.2) is 24.3 Å². The molecule has 1 aliphatic heterocycles. The van der Waals surface area contributed by atoms with Crippen LogP contribution in [0.2, 0.25) is 0 Å². The monoisotopic (exact) mass is 320 g/mol. The highest BCUT2D eigenvalue weighted by Crippen LogP contribution is 2.31. The van der Waals surface area contributed by atoms with Gasteiger partial charge in [0.1, 0.15) is 6.61 Å². The second-order valence-electron chi connectivity index (χ2n) is 5.76. The lowest BCUT2D eigenvalue weighted by atomic mass is 9.94. The molecule has 1 aromatic rings. The van der Waals surface area contributed by atoms with Crippen molar-refractivity contribution < 1.29 is 19.4 Å². The van der Waals surface area contributed by atoms with Gasteiger partial charge in [0.05, 0.1) is 6.04 Å². The van der Waals surface area contributed by atoms with E-state index in [-0.39, 0.29) is 25.0 Å². The summed E-state index contributed by atoms with van der Waals surface area (Å²) in [6.45, 7) is 2.46. The van der Waals surface area contributed by atoms with Crippen LogP contribution in [0, 0.1) is 6.92 Å². The van der Waals surface area contributed by atoms with Gasteiger partial charge in [-0.3, -0.25) is 9.59 Å². The third-order valence-electron chi connectivity index (χ3n) is 4.13. The van der Waals surface area contributed by atoms with E-state index in [0.29, 0.717) is 19.4 Å². The zero-order valence-corrected chi connectivity index (χ0v) is 13.6. The van der Waals surface area contributed by atoms with Crippen LogP contribution >= 0.6 is 0 Å². The summed E-state index contributed by atoms with van der Waals surface area (Å²) in [5.41, 5.74) is 1.93. The summed E-state index contributed by atoms with van der Waals surface area (Å²) in [6, 6.07) is 7.26. The third kappa shape index (κ3) is 4.09. The Bertz CT molecular complexity index is 561. The minimum atomic E-state index is -0.729. The largest absolute Gasteiger partial charge is 0.396 e. The number of hydrogen-bond donors (Lipinski definition) is 2. The molecule has 2 atom stereocenters. The molecule has 0 aliphatic carbocycles. The maximum absolute atomic E-state index is 12.5. The summed E-state index contributed by atoms with van der Waals surface area (Å²) < 4.78 is 5.55. The lowest BCUT2D eigenvalue weighted by molar-refractivity contribution is -0.162. The second-order valence-corrected chi connectivity index (χ2v) is 5.76. The summed E-state index contributed by atoms with van der Waals surface area (Å²) in [5, 5.41) is 11.6. The number of carbonyl (C=O) groups excluding carboxylic acids is 2. The lowest BCUT2D eigenvalue weighted by Gasteiger charge is -2.38. The number of aryl methyl sites for hydroxylation is 1. The number of ether oxygens (including phenoxy) is 1. The first-order chi connectivity index (χ1) is 11.1. The third-order valence-corrected chi connectivity index (χ3v) is 4.13. The fourth-order valence-electron chi connectivity index (χ4n) is 2.77. The maximum atomic E-state index is 12.5. The van der Waals surface area contributed by atoms with Gasteiger partial charge < -0.3 is 20.1 Å². The first-order valence-corrected chi connectivity index (χ1v) is 7.87. The predicted molar refractivity (Wildman–Crippen MR) is 85.8 cm³/mol. The normalized spacial score (nSPS) is 21.3. The van der Waals surface area contributed by atoms with E-state index >= 15 is 0 Å². The fraction of sp³-hybridized carbons (Fsp3) is 0.529. The maximum Gasteiger partial charge on any atom is 0.251 e. The van der Waals surface area contributed by atoms with Crippen molar-refractivity contribution in [1.29, 1.82) is 0 Å². The van der Waals surface area contributed by atoms with Crippen molar-refractivity contribution in [3.63, 3.8) is 0 Å². The molecule has 2 N–H and O–H groups in total. The Kier molecular flexibility index (Phi) is 6.12. The Morgan fingerprint density at radius 2 is 2.13 bits per heavy atom. The molecule has 1 aromatic carbocycles. The van der Waals surface area contributed by atoms with Crippen molar-refractivity contribution in [3.05, 3.63) is 35.4 Å². The SMILES string of the molecule is Cc1ccccc1[C@@H]1[C@@H](C(=O)NCCCCO)OCC(=O)N1C. The highest BCUT2D eigenvalue weighted by molar-refractivity contribution is 5.86. The van der Waals surface area contributed by atoms with E-state index in [9.17, 15) is 9.59 Å². The van der Waals surface area contributed by atoms with Gasteiger partial charge in [-0.15, -0.1) is 0 Å². The zero-order valence-electron chi connectivity index (χ0n) is 13.6. The average Bonchev–Trinajstić information content (AvgIpc) is 2.55. The van der Waals surface area contributed by atoms with E-state index in [0.717, 1.165) is 11.1 Å². The minimum absolute atomic E-state index is 0.0897. The van der Waals surface area contributed by atoms with Gasteiger partial charge in [0.15, 0.2) is 6.10 Å². The van der Waals surface area contributed by atoms with Gasteiger partial charge in [0.25, 0.3) is 5.91 Å². The molecular formula is C17H24N2O4. The van der Waals surface area contributed by atoms with Gasteiger partial charge in [0, 0.05) is 20.2 Å². The molecule has 2 rings (SSSR count). The minimum Gasteiger partial charge on any atom is -0.396 e. The molecule has 2 amide bonds. The number of likely N-dealkylation sites (N-methyl/N-ethyl adjacent to an activating group) is 1. The fourth-order valence-corrected chi connectivity index (χ4v) is 2.77. The van der Waals surface area contributed by atoms with E-state index in [2.05, 4.69) is 5.32 Å². The molecule has 1 heterocycles. The Labute approximate surface area is 136 Å². The van der Waals surface area contributed by atoms with Crippen LogP contribution in [0.1, 0.15) is 30.0 Å². The molecule has 0 spiro atoms. The van der Waals surface area contributed by atoms with Crippen molar-refractivity contribution in [2.24, 2.45) is 0 Å². The molecule has 0 unspecified atom stereocenters. The van der Waals surface area contributed by atoms with E-state index in [1.807, 2.05) is 31.2 Å². The van der Waals surface area contributed by atoms with Gasteiger partial charge in [-0.05, 0) is 30.9 Å². The predicted octanol–water partition coefficient (Wildman–Crippen LogP) is 0.782. The smallest absolute Gasteiger partial charge is 0.251 e. The molecule has 0 saturated carbocycles. The first kappa shape index (κ1) is 17.4. The average molecular weight is 320 g/mol. The molecule has 1 aliphatic rings. The van der Waals surface area contributed by atoms with Crippen LogP contribution in [0.3, 0.4) is 0 Å². The molecule has 0 bridgehead atoms.